The van der Waals surface area contributed by atoms with Crippen LogP contribution in [0.4, 0.5) is 0 Å². The van der Waals surface area contributed by atoms with Crippen molar-refractivity contribution in [3.05, 3.63) is 24.3 Å². The van der Waals surface area contributed by atoms with Gasteiger partial charge in [-0.2, -0.15) is 0 Å². The first kappa shape index (κ1) is 28.3. The lowest BCUT2D eigenvalue weighted by molar-refractivity contribution is 0.476. The summed E-state index contributed by atoms with van der Waals surface area (Å²) in [5.41, 5.74) is 0. The van der Waals surface area contributed by atoms with Crippen LogP contribution in [0.15, 0.2) is 24.3 Å². The van der Waals surface area contributed by atoms with Crippen LogP contribution >= 0.6 is 0 Å². The van der Waals surface area contributed by atoms with Crippen LogP contribution in [-0.2, 0) is 0 Å². The largest absolute Gasteiger partial charge is 0.0857 e. The maximum absolute atomic E-state index is 2.28. The summed E-state index contributed by atoms with van der Waals surface area (Å²) in [7, 11) is 0. The van der Waals surface area contributed by atoms with Gasteiger partial charge in [0.2, 0.25) is 0 Å². The SMILES string of the molecule is CC(C)/C=C/C(C)C.CC(C)/C=C\C(C)C.CC(C)CCC(C)C. The molecule has 0 aromatic heterocycles. The average molecular weight is 339 g/mol. The van der Waals surface area contributed by atoms with Crippen LogP contribution < -0.4 is 0 Å². The first-order chi connectivity index (χ1) is 10.9. The molecule has 0 spiro atoms. The third-order valence-electron chi connectivity index (χ3n) is 3.08. The van der Waals surface area contributed by atoms with E-state index in [9.17, 15) is 0 Å². The molecule has 0 heterocycles. The standard InChI is InChI=1S/C8H18.2C8H16/c3*1-7(2)5-6-8(3)4/h7-8H,5-6H2,1-4H3;2*5-8H,1-4H3/b;6-5+;6-5-. The molecule has 0 saturated carbocycles. The van der Waals surface area contributed by atoms with E-state index in [1.807, 2.05) is 0 Å². The van der Waals surface area contributed by atoms with Gasteiger partial charge in [0, 0.05) is 0 Å². The van der Waals surface area contributed by atoms with Crippen molar-refractivity contribution < 1.29 is 0 Å². The molecule has 0 aliphatic heterocycles. The van der Waals surface area contributed by atoms with Gasteiger partial charge in [0.05, 0.1) is 0 Å². The summed E-state index contributed by atoms with van der Waals surface area (Å²) in [5, 5.41) is 0. The average Bonchev–Trinajstić information content (AvgIpc) is 2.42. The Labute approximate surface area is 156 Å². The Kier molecular flexibility index (Phi) is 22.2. The number of rotatable bonds is 7. The van der Waals surface area contributed by atoms with Gasteiger partial charge in [-0.1, -0.05) is 120 Å². The molecule has 0 radical (unpaired) electrons. The van der Waals surface area contributed by atoms with Crippen molar-refractivity contribution in [2.75, 3.05) is 0 Å². The molecular formula is C24H50. The zero-order chi connectivity index (χ0) is 19.7. The normalized spacial score (nSPS) is 11.9. The van der Waals surface area contributed by atoms with Gasteiger partial charge in [-0.25, -0.2) is 0 Å². The summed E-state index contributed by atoms with van der Waals surface area (Å²) in [6.45, 7) is 26.7. The highest BCUT2D eigenvalue weighted by Gasteiger charge is 1.95. The minimum atomic E-state index is 0.706. The zero-order valence-corrected chi connectivity index (χ0v) is 19.2. The van der Waals surface area contributed by atoms with Crippen molar-refractivity contribution in [2.45, 2.75) is 95.9 Å². The van der Waals surface area contributed by atoms with E-state index in [1.54, 1.807) is 0 Å². The summed E-state index contributed by atoms with van der Waals surface area (Å²) in [6.07, 6.45) is 11.7. The first-order valence-electron chi connectivity index (χ1n) is 10.2. The van der Waals surface area contributed by atoms with E-state index in [4.69, 9.17) is 0 Å². The summed E-state index contributed by atoms with van der Waals surface area (Å²) in [5.74, 6) is 4.60. The Morgan fingerprint density at radius 1 is 0.375 bits per heavy atom. The van der Waals surface area contributed by atoms with Crippen LogP contribution in [0.5, 0.6) is 0 Å². The van der Waals surface area contributed by atoms with Crippen LogP contribution in [0.1, 0.15) is 95.9 Å². The molecule has 0 rings (SSSR count). The Balaban J connectivity index is -0.000000276. The lowest BCUT2D eigenvalue weighted by atomic mass is 10.0. The molecule has 0 heteroatoms. The van der Waals surface area contributed by atoms with Crippen LogP contribution in [0.25, 0.3) is 0 Å². The molecule has 0 atom stereocenters. The van der Waals surface area contributed by atoms with E-state index >= 15 is 0 Å². The molecule has 0 aromatic rings. The lowest BCUT2D eigenvalue weighted by Gasteiger charge is -2.05. The predicted molar refractivity (Wildman–Crippen MR) is 117 cm³/mol. The third kappa shape index (κ3) is 43.0. The van der Waals surface area contributed by atoms with E-state index in [1.165, 1.54) is 12.8 Å². The van der Waals surface area contributed by atoms with Gasteiger partial charge in [0.1, 0.15) is 0 Å². The molecule has 0 aromatic carbocycles. The Morgan fingerprint density at radius 3 is 0.625 bits per heavy atom. The highest BCUT2D eigenvalue weighted by Crippen LogP contribution is 2.09. The predicted octanol–water partition coefficient (Wildman–Crippen LogP) is 8.79. The molecule has 0 amide bonds. The fourth-order valence-electron chi connectivity index (χ4n) is 1.56. The molecule has 24 heavy (non-hydrogen) atoms. The minimum Gasteiger partial charge on any atom is -0.0857 e. The van der Waals surface area contributed by atoms with Crippen LogP contribution in [-0.4, -0.2) is 0 Å². The summed E-state index contributed by atoms with van der Waals surface area (Å²) in [6, 6.07) is 0. The molecule has 0 saturated heterocycles. The lowest BCUT2D eigenvalue weighted by Crippen LogP contribution is -1.91. The van der Waals surface area contributed by atoms with Gasteiger partial charge in [-0.3, -0.25) is 0 Å². The monoisotopic (exact) mass is 338 g/mol. The van der Waals surface area contributed by atoms with Gasteiger partial charge in [-0.05, 0) is 35.5 Å². The Bertz CT molecular complexity index is 224. The maximum atomic E-state index is 2.28. The summed E-state index contributed by atoms with van der Waals surface area (Å²) < 4.78 is 0. The van der Waals surface area contributed by atoms with E-state index in [2.05, 4.69) is 107 Å². The van der Waals surface area contributed by atoms with Crippen LogP contribution in [0.3, 0.4) is 0 Å². The fourth-order valence-corrected chi connectivity index (χ4v) is 1.56. The van der Waals surface area contributed by atoms with Gasteiger partial charge in [0.25, 0.3) is 0 Å². The number of allylic oxidation sites excluding steroid dienone is 4. The smallest absolute Gasteiger partial charge is 0.0290 e. The van der Waals surface area contributed by atoms with Gasteiger partial charge < -0.3 is 0 Å². The number of hydrogen-bond donors (Lipinski definition) is 0. The summed E-state index contributed by atoms with van der Waals surface area (Å²) in [4.78, 5) is 0. The quantitative estimate of drug-likeness (QED) is 0.407. The van der Waals surface area contributed by atoms with E-state index < -0.39 is 0 Å². The van der Waals surface area contributed by atoms with Crippen molar-refractivity contribution in [3.8, 4) is 0 Å². The van der Waals surface area contributed by atoms with Gasteiger partial charge in [0.15, 0.2) is 0 Å². The van der Waals surface area contributed by atoms with Crippen molar-refractivity contribution in [1.82, 2.24) is 0 Å². The van der Waals surface area contributed by atoms with Crippen LogP contribution in [0.2, 0.25) is 0 Å². The molecule has 0 unspecified atom stereocenters. The molecule has 0 nitrogen and oxygen atoms in total. The fraction of sp³-hybridized carbons (Fsp3) is 0.833. The van der Waals surface area contributed by atoms with E-state index in [0.29, 0.717) is 23.7 Å². The first-order valence-corrected chi connectivity index (χ1v) is 10.2. The molecule has 146 valence electrons. The second-order valence-corrected chi connectivity index (χ2v) is 9.11. The van der Waals surface area contributed by atoms with Crippen LogP contribution in [0, 0.1) is 35.5 Å². The second-order valence-electron chi connectivity index (χ2n) is 9.11. The third-order valence-corrected chi connectivity index (χ3v) is 3.08. The zero-order valence-electron chi connectivity index (χ0n) is 19.2. The second kappa shape index (κ2) is 18.8. The van der Waals surface area contributed by atoms with E-state index in [-0.39, 0.29) is 0 Å². The van der Waals surface area contributed by atoms with Crippen molar-refractivity contribution in [2.24, 2.45) is 35.5 Å². The minimum absolute atomic E-state index is 0.706. The van der Waals surface area contributed by atoms with Gasteiger partial charge >= 0.3 is 0 Å². The topological polar surface area (TPSA) is 0 Å². The van der Waals surface area contributed by atoms with E-state index in [0.717, 1.165) is 11.8 Å². The van der Waals surface area contributed by atoms with Crippen molar-refractivity contribution >= 4 is 0 Å². The molecule has 0 bridgehead atoms. The molecular weight excluding hydrogens is 288 g/mol. The van der Waals surface area contributed by atoms with Gasteiger partial charge in [-0.15, -0.1) is 0 Å². The Hall–Kier alpha value is -0.520. The maximum Gasteiger partial charge on any atom is -0.0290 e. The highest BCUT2D eigenvalue weighted by atomic mass is 14.0. The highest BCUT2D eigenvalue weighted by molar-refractivity contribution is 4.87. The molecule has 0 aliphatic carbocycles. The Morgan fingerprint density at radius 2 is 0.542 bits per heavy atom. The molecule has 0 N–H and O–H groups in total. The molecule has 0 aliphatic rings. The number of hydrogen-bond acceptors (Lipinski definition) is 0. The molecule has 0 fully saturated rings. The van der Waals surface area contributed by atoms with Crippen molar-refractivity contribution in [1.29, 1.82) is 0 Å². The van der Waals surface area contributed by atoms with Crippen molar-refractivity contribution in [3.63, 3.8) is 0 Å². The summed E-state index contributed by atoms with van der Waals surface area (Å²) >= 11 is 0.